The summed E-state index contributed by atoms with van der Waals surface area (Å²) in [6.45, 7) is 7.95. The molecule has 0 N–H and O–H groups in total. The van der Waals surface area contributed by atoms with E-state index in [1.165, 1.54) is 18.4 Å². The molecule has 7 heteroatoms. The minimum absolute atomic E-state index is 0.0918. The van der Waals surface area contributed by atoms with Gasteiger partial charge in [0, 0.05) is 31.2 Å². The third-order valence-electron chi connectivity index (χ3n) is 11.6. The predicted molar refractivity (Wildman–Crippen MR) is 179 cm³/mol. The second kappa shape index (κ2) is 11.3. The summed E-state index contributed by atoms with van der Waals surface area (Å²) in [7, 11) is 2.12. The number of halogens is 1. The number of esters is 1. The number of rotatable bonds is 9. The summed E-state index contributed by atoms with van der Waals surface area (Å²) in [5.41, 5.74) is 1.28. The van der Waals surface area contributed by atoms with E-state index < -0.39 is 28.7 Å². The zero-order valence-electron chi connectivity index (χ0n) is 28.1. The molecule has 2 heterocycles. The zero-order valence-corrected chi connectivity index (χ0v) is 28.1. The predicted octanol–water partition coefficient (Wildman–Crippen LogP) is 6.88. The second-order valence-corrected chi connectivity index (χ2v) is 15.7. The van der Waals surface area contributed by atoms with Crippen LogP contribution in [0.4, 0.5) is 4.39 Å². The number of hydrogen-bond donors (Lipinski definition) is 0. The highest BCUT2D eigenvalue weighted by atomic mass is 19.1. The van der Waals surface area contributed by atoms with Crippen molar-refractivity contribution < 1.29 is 23.4 Å². The fourth-order valence-electron chi connectivity index (χ4n) is 9.22. The molecule has 5 aliphatic rings. The summed E-state index contributed by atoms with van der Waals surface area (Å²) < 4.78 is 38.5. The number of benzene rings is 3. The Balaban J connectivity index is 1.28. The van der Waals surface area contributed by atoms with Crippen molar-refractivity contribution in [1.82, 2.24) is 9.80 Å². The van der Waals surface area contributed by atoms with E-state index in [0.717, 1.165) is 29.7 Å². The Morgan fingerprint density at radius 2 is 1.70 bits per heavy atom. The van der Waals surface area contributed by atoms with Gasteiger partial charge >= 0.3 is 5.97 Å². The summed E-state index contributed by atoms with van der Waals surface area (Å²) in [5, 5.41) is 0. The minimum atomic E-state index is -1.28. The van der Waals surface area contributed by atoms with E-state index in [2.05, 4.69) is 47.2 Å². The topological polar surface area (TPSA) is 51.2 Å². The molecule has 3 aromatic rings. The van der Waals surface area contributed by atoms with Crippen molar-refractivity contribution in [1.29, 1.82) is 0 Å². The molecule has 6 nitrogen and oxygen atoms in total. The van der Waals surface area contributed by atoms with Gasteiger partial charge in [-0.25, -0.2) is 4.39 Å². The first kappa shape index (κ1) is 30.9. The number of alkyl halides is 1. The van der Waals surface area contributed by atoms with Crippen LogP contribution in [0.1, 0.15) is 68.7 Å². The Morgan fingerprint density at radius 1 is 1.00 bits per heavy atom. The molecule has 2 aliphatic heterocycles. The summed E-state index contributed by atoms with van der Waals surface area (Å²) >= 11 is 0. The van der Waals surface area contributed by atoms with Crippen molar-refractivity contribution in [2.24, 2.45) is 11.3 Å². The van der Waals surface area contributed by atoms with E-state index in [0.29, 0.717) is 50.0 Å². The SMILES string of the molecule is CN(Cc1ccccc1)[C@@H]1CC[C@@]2(OC(=O)C(C)(C)C)[C@@H]3Cc4ccc(OCc5ccccc5)c5c4[C@@]2([C@@H](F)CN3CC2CC2)[C@H]1O5. The molecular weight excluding hydrogens is 591 g/mol. The maximum atomic E-state index is 17.9. The molecule has 0 radical (unpaired) electrons. The van der Waals surface area contributed by atoms with Crippen LogP contribution in [0.15, 0.2) is 72.8 Å². The van der Waals surface area contributed by atoms with Crippen molar-refractivity contribution in [3.8, 4) is 11.5 Å². The van der Waals surface area contributed by atoms with Crippen molar-refractivity contribution in [3.63, 3.8) is 0 Å². The van der Waals surface area contributed by atoms with Crippen LogP contribution in [0.25, 0.3) is 0 Å². The smallest absolute Gasteiger partial charge is 0.311 e. The second-order valence-electron chi connectivity index (χ2n) is 15.7. The Hall–Kier alpha value is -3.42. The van der Waals surface area contributed by atoms with Gasteiger partial charge in [0.25, 0.3) is 0 Å². The van der Waals surface area contributed by atoms with Gasteiger partial charge in [0.1, 0.15) is 29.9 Å². The maximum Gasteiger partial charge on any atom is 0.311 e. The first-order valence-electron chi connectivity index (χ1n) is 17.5. The highest BCUT2D eigenvalue weighted by Gasteiger charge is 2.79. The number of nitrogens with zero attached hydrogens (tertiary/aromatic N) is 2. The Kier molecular flexibility index (Phi) is 7.45. The molecule has 1 spiro atoms. The van der Waals surface area contributed by atoms with E-state index in [4.69, 9.17) is 14.2 Å². The molecule has 1 saturated heterocycles. The number of carbonyl (C=O) groups is 1. The fourth-order valence-corrected chi connectivity index (χ4v) is 9.22. The molecule has 248 valence electrons. The lowest BCUT2D eigenvalue weighted by Crippen LogP contribution is -2.83. The quantitative estimate of drug-likeness (QED) is 0.239. The average Bonchev–Trinajstić information content (AvgIpc) is 3.79. The molecule has 2 saturated carbocycles. The molecule has 3 fully saturated rings. The molecule has 0 aromatic heterocycles. The van der Waals surface area contributed by atoms with Crippen molar-refractivity contribution >= 4 is 5.97 Å². The molecule has 2 bridgehead atoms. The molecule has 47 heavy (non-hydrogen) atoms. The Morgan fingerprint density at radius 3 is 2.38 bits per heavy atom. The Labute approximate surface area is 278 Å². The van der Waals surface area contributed by atoms with Gasteiger partial charge in [-0.05, 0) is 88.6 Å². The molecule has 3 aromatic carbocycles. The summed E-state index contributed by atoms with van der Waals surface area (Å²) in [6, 6.07) is 24.4. The third-order valence-corrected chi connectivity index (χ3v) is 11.6. The Bertz CT molecular complexity index is 1640. The number of likely N-dealkylation sites (tertiary alicyclic amines) is 1. The van der Waals surface area contributed by atoms with Crippen molar-refractivity contribution in [2.75, 3.05) is 20.1 Å². The van der Waals surface area contributed by atoms with Gasteiger partial charge < -0.3 is 14.2 Å². The zero-order chi connectivity index (χ0) is 32.6. The van der Waals surface area contributed by atoms with Gasteiger partial charge in [-0.1, -0.05) is 66.7 Å². The van der Waals surface area contributed by atoms with Crippen LogP contribution in [0, 0.1) is 11.3 Å². The fraction of sp³-hybridized carbons (Fsp3) is 0.525. The van der Waals surface area contributed by atoms with Gasteiger partial charge in [-0.3, -0.25) is 14.6 Å². The summed E-state index contributed by atoms with van der Waals surface area (Å²) in [5.74, 6) is 1.58. The number of carbonyl (C=O) groups excluding carboxylic acids is 1. The lowest BCUT2D eigenvalue weighted by molar-refractivity contribution is -0.246. The molecule has 6 atom stereocenters. The normalized spacial score (nSPS) is 30.9. The van der Waals surface area contributed by atoms with Gasteiger partial charge in [0.2, 0.25) is 0 Å². The lowest BCUT2D eigenvalue weighted by Gasteiger charge is -2.66. The van der Waals surface area contributed by atoms with Crippen LogP contribution in [0.5, 0.6) is 11.5 Å². The van der Waals surface area contributed by atoms with Gasteiger partial charge in [-0.2, -0.15) is 0 Å². The summed E-state index contributed by atoms with van der Waals surface area (Å²) in [6.07, 6.45) is 2.54. The van der Waals surface area contributed by atoms with Crippen LogP contribution in [-0.4, -0.2) is 65.9 Å². The van der Waals surface area contributed by atoms with Crippen LogP contribution < -0.4 is 9.47 Å². The molecule has 0 amide bonds. The lowest BCUT2D eigenvalue weighted by atomic mass is 9.47. The van der Waals surface area contributed by atoms with E-state index in [-0.39, 0.29) is 18.1 Å². The van der Waals surface area contributed by atoms with Crippen LogP contribution in [-0.2, 0) is 34.5 Å². The minimum Gasteiger partial charge on any atom is -0.485 e. The molecule has 0 unspecified atom stereocenters. The average molecular weight is 639 g/mol. The standard InChI is InChI=1S/C40H47FN2O4/c1-38(2,3)37(44)47-39-20-19-30(42(4)22-26-11-7-5-8-12-26)36-40(39)32(41)24-43(23-27-15-16-27)33(39)21-29-17-18-31(35(46-36)34(29)40)45-25-28-13-9-6-10-14-28/h5-14,17-18,27,30,32-33,36H,15-16,19-25H2,1-4H3/t30-,32+,33+,36+,39-,40+/m1/s1. The van der Waals surface area contributed by atoms with Crippen molar-refractivity contribution in [2.45, 2.75) is 101 Å². The maximum absolute atomic E-state index is 17.9. The molecule has 8 rings (SSSR count). The number of ether oxygens (including phenoxy) is 3. The molecule has 3 aliphatic carbocycles. The first-order valence-corrected chi connectivity index (χ1v) is 17.5. The van der Waals surface area contributed by atoms with E-state index >= 15 is 4.39 Å². The number of hydrogen-bond acceptors (Lipinski definition) is 6. The number of likely N-dealkylation sites (N-methyl/N-ethyl adjacent to an activating group) is 1. The number of piperidine rings is 1. The summed E-state index contributed by atoms with van der Waals surface area (Å²) in [4.78, 5) is 18.7. The van der Waals surface area contributed by atoms with Gasteiger partial charge in [-0.15, -0.1) is 0 Å². The van der Waals surface area contributed by atoms with Crippen molar-refractivity contribution in [3.05, 3.63) is 95.1 Å². The van der Waals surface area contributed by atoms with E-state index in [1.807, 2.05) is 63.2 Å². The first-order chi connectivity index (χ1) is 22.6. The largest absolute Gasteiger partial charge is 0.485 e. The van der Waals surface area contributed by atoms with Crippen LogP contribution >= 0.6 is 0 Å². The monoisotopic (exact) mass is 638 g/mol. The van der Waals surface area contributed by atoms with E-state index in [9.17, 15) is 4.79 Å². The van der Waals surface area contributed by atoms with Gasteiger partial charge in [0.15, 0.2) is 11.5 Å². The van der Waals surface area contributed by atoms with Gasteiger partial charge in [0.05, 0.1) is 11.5 Å². The molecular formula is C40H47FN2O4. The highest BCUT2D eigenvalue weighted by molar-refractivity contribution is 5.77. The van der Waals surface area contributed by atoms with Crippen LogP contribution in [0.2, 0.25) is 0 Å². The van der Waals surface area contributed by atoms with Crippen LogP contribution in [0.3, 0.4) is 0 Å². The highest BCUT2D eigenvalue weighted by Crippen LogP contribution is 2.68. The van der Waals surface area contributed by atoms with E-state index in [1.54, 1.807) is 0 Å². The third kappa shape index (κ3) is 4.90.